The molecule has 0 saturated carbocycles. The maximum Gasteiger partial charge on any atom is 0.405 e. The van der Waals surface area contributed by atoms with E-state index in [2.05, 4.69) is 0 Å². The van der Waals surface area contributed by atoms with Gasteiger partial charge in [-0.3, -0.25) is 4.79 Å². The Bertz CT molecular complexity index is 291. The highest BCUT2D eigenvalue weighted by Crippen LogP contribution is 2.12. The first kappa shape index (κ1) is 16.5. The summed E-state index contributed by atoms with van der Waals surface area (Å²) in [7, 11) is 1.27. The van der Waals surface area contributed by atoms with Gasteiger partial charge in [-0.1, -0.05) is 0 Å². The number of nitrogens with one attached hydrogen (secondary N) is 1. The number of carbonyl (C=O) groups excluding carboxylic acids is 2. The molecule has 0 heterocycles. The maximum absolute atomic E-state index is 11.9. The van der Waals surface area contributed by atoms with Gasteiger partial charge in [-0.15, -0.1) is 0 Å². The summed E-state index contributed by atoms with van der Waals surface area (Å²) >= 11 is 0. The van der Waals surface area contributed by atoms with Crippen LogP contribution >= 0.6 is 0 Å². The Morgan fingerprint density at radius 3 is 2.06 bits per heavy atom. The summed E-state index contributed by atoms with van der Waals surface area (Å²) in [5.41, 5.74) is 0. The SMILES string of the molecule is CCN(CC)C(=O)CN(C)C(=O)NCC(F)(F)F. The number of carbonyl (C=O) groups is 2. The molecule has 0 aromatic carbocycles. The van der Waals surface area contributed by atoms with Gasteiger partial charge in [-0.05, 0) is 13.8 Å². The Balaban J connectivity index is 4.19. The highest BCUT2D eigenvalue weighted by Gasteiger charge is 2.28. The highest BCUT2D eigenvalue weighted by molar-refractivity contribution is 5.83. The van der Waals surface area contributed by atoms with E-state index in [4.69, 9.17) is 0 Å². The minimum absolute atomic E-state index is 0.245. The molecular weight excluding hydrogens is 251 g/mol. The zero-order chi connectivity index (χ0) is 14.3. The molecule has 0 saturated heterocycles. The largest absolute Gasteiger partial charge is 0.405 e. The zero-order valence-electron chi connectivity index (χ0n) is 10.7. The van der Waals surface area contributed by atoms with Crippen molar-refractivity contribution < 1.29 is 22.8 Å². The summed E-state index contributed by atoms with van der Waals surface area (Å²) in [6, 6.07) is -0.923. The predicted octanol–water partition coefficient (Wildman–Crippen LogP) is 1.06. The predicted molar refractivity (Wildman–Crippen MR) is 60.0 cm³/mol. The van der Waals surface area contributed by atoms with E-state index < -0.39 is 18.8 Å². The minimum Gasteiger partial charge on any atom is -0.342 e. The second-order valence-electron chi connectivity index (χ2n) is 3.70. The number of rotatable bonds is 5. The number of hydrogen-bond acceptors (Lipinski definition) is 2. The summed E-state index contributed by atoms with van der Waals surface area (Å²) in [5.74, 6) is -0.301. The third-order valence-corrected chi connectivity index (χ3v) is 2.28. The van der Waals surface area contributed by atoms with E-state index in [1.807, 2.05) is 0 Å². The fraction of sp³-hybridized carbons (Fsp3) is 0.800. The second-order valence-corrected chi connectivity index (χ2v) is 3.70. The first-order chi connectivity index (χ1) is 8.21. The highest BCUT2D eigenvalue weighted by atomic mass is 19.4. The number of nitrogens with zero attached hydrogens (tertiary/aromatic N) is 2. The molecule has 106 valence electrons. The van der Waals surface area contributed by atoms with Crippen molar-refractivity contribution in [3.63, 3.8) is 0 Å². The van der Waals surface area contributed by atoms with E-state index in [-0.39, 0.29) is 12.5 Å². The summed E-state index contributed by atoms with van der Waals surface area (Å²) in [6.45, 7) is 2.90. The molecule has 0 atom stereocenters. The molecule has 0 spiro atoms. The van der Waals surface area contributed by atoms with E-state index in [1.165, 1.54) is 11.9 Å². The Morgan fingerprint density at radius 1 is 1.17 bits per heavy atom. The van der Waals surface area contributed by atoms with Gasteiger partial charge < -0.3 is 15.1 Å². The summed E-state index contributed by atoms with van der Waals surface area (Å²) in [4.78, 5) is 25.3. The number of alkyl halides is 3. The molecule has 3 amide bonds. The Hall–Kier alpha value is -1.47. The normalized spacial score (nSPS) is 11.0. The molecule has 18 heavy (non-hydrogen) atoms. The van der Waals surface area contributed by atoms with Crippen molar-refractivity contribution in [1.82, 2.24) is 15.1 Å². The molecular formula is C10H18F3N3O2. The molecule has 0 aliphatic heterocycles. The van der Waals surface area contributed by atoms with Crippen molar-refractivity contribution in [3.8, 4) is 0 Å². The fourth-order valence-electron chi connectivity index (χ4n) is 1.26. The fourth-order valence-corrected chi connectivity index (χ4v) is 1.26. The molecule has 0 fully saturated rings. The first-order valence-electron chi connectivity index (χ1n) is 5.54. The van der Waals surface area contributed by atoms with Crippen LogP contribution in [0.4, 0.5) is 18.0 Å². The van der Waals surface area contributed by atoms with E-state index in [0.717, 1.165) is 4.90 Å². The van der Waals surface area contributed by atoms with Crippen molar-refractivity contribution in [2.24, 2.45) is 0 Å². The van der Waals surface area contributed by atoms with Crippen molar-refractivity contribution >= 4 is 11.9 Å². The Labute approximate surface area is 104 Å². The van der Waals surface area contributed by atoms with Crippen LogP contribution in [-0.2, 0) is 4.79 Å². The van der Waals surface area contributed by atoms with Crippen LogP contribution in [0.2, 0.25) is 0 Å². The summed E-state index contributed by atoms with van der Waals surface area (Å²) in [6.07, 6.45) is -4.46. The van der Waals surface area contributed by atoms with Gasteiger partial charge in [0.05, 0.1) is 0 Å². The molecule has 0 rings (SSSR count). The van der Waals surface area contributed by atoms with Gasteiger partial charge in [0.1, 0.15) is 13.1 Å². The lowest BCUT2D eigenvalue weighted by molar-refractivity contribution is -0.131. The lowest BCUT2D eigenvalue weighted by Gasteiger charge is -2.23. The monoisotopic (exact) mass is 269 g/mol. The van der Waals surface area contributed by atoms with Crippen LogP contribution in [0.3, 0.4) is 0 Å². The standard InChI is InChI=1S/C10H18F3N3O2/c1-4-16(5-2)8(17)6-15(3)9(18)14-7-10(11,12)13/h4-7H2,1-3H3,(H,14,18). The molecule has 5 nitrogen and oxygen atoms in total. The van der Waals surface area contributed by atoms with Crippen molar-refractivity contribution in [1.29, 1.82) is 0 Å². The van der Waals surface area contributed by atoms with E-state index in [1.54, 1.807) is 19.2 Å². The molecule has 0 aliphatic rings. The number of amides is 3. The zero-order valence-corrected chi connectivity index (χ0v) is 10.7. The van der Waals surface area contributed by atoms with E-state index >= 15 is 0 Å². The molecule has 0 aliphatic carbocycles. The van der Waals surface area contributed by atoms with Crippen LogP contribution < -0.4 is 5.32 Å². The average molecular weight is 269 g/mol. The third-order valence-electron chi connectivity index (χ3n) is 2.28. The lowest BCUT2D eigenvalue weighted by atomic mass is 10.4. The van der Waals surface area contributed by atoms with Crippen LogP contribution in [0.15, 0.2) is 0 Å². The average Bonchev–Trinajstić information content (AvgIpc) is 2.26. The van der Waals surface area contributed by atoms with Crippen LogP contribution in [-0.4, -0.2) is 61.1 Å². The molecule has 0 aromatic heterocycles. The van der Waals surface area contributed by atoms with Gasteiger partial charge in [0.25, 0.3) is 0 Å². The number of hydrogen-bond donors (Lipinski definition) is 1. The van der Waals surface area contributed by atoms with Gasteiger partial charge in [0.2, 0.25) is 5.91 Å². The summed E-state index contributed by atoms with van der Waals surface area (Å²) in [5, 5.41) is 1.69. The molecule has 0 aromatic rings. The van der Waals surface area contributed by atoms with E-state index in [9.17, 15) is 22.8 Å². The molecule has 0 radical (unpaired) electrons. The topological polar surface area (TPSA) is 52.7 Å². The van der Waals surface area contributed by atoms with Gasteiger partial charge in [-0.25, -0.2) is 4.79 Å². The number of likely N-dealkylation sites (N-methyl/N-ethyl adjacent to an activating group) is 2. The van der Waals surface area contributed by atoms with Gasteiger partial charge >= 0.3 is 12.2 Å². The third kappa shape index (κ3) is 6.31. The second kappa shape index (κ2) is 7.07. The quantitative estimate of drug-likeness (QED) is 0.811. The number of urea groups is 1. The smallest absolute Gasteiger partial charge is 0.342 e. The molecule has 0 unspecified atom stereocenters. The van der Waals surface area contributed by atoms with Crippen LogP contribution in [0.5, 0.6) is 0 Å². The van der Waals surface area contributed by atoms with Crippen LogP contribution in [0.1, 0.15) is 13.8 Å². The van der Waals surface area contributed by atoms with Crippen molar-refractivity contribution in [3.05, 3.63) is 0 Å². The van der Waals surface area contributed by atoms with E-state index in [0.29, 0.717) is 13.1 Å². The molecule has 8 heteroatoms. The van der Waals surface area contributed by atoms with Crippen LogP contribution in [0.25, 0.3) is 0 Å². The Kier molecular flexibility index (Phi) is 6.50. The van der Waals surface area contributed by atoms with Crippen molar-refractivity contribution in [2.75, 3.05) is 33.2 Å². The lowest BCUT2D eigenvalue weighted by Crippen LogP contribution is -2.46. The van der Waals surface area contributed by atoms with Gasteiger partial charge in [0.15, 0.2) is 0 Å². The maximum atomic E-state index is 11.9. The Morgan fingerprint density at radius 2 is 1.67 bits per heavy atom. The minimum atomic E-state index is -4.46. The van der Waals surface area contributed by atoms with Crippen LogP contribution in [0, 0.1) is 0 Å². The summed E-state index contributed by atoms with van der Waals surface area (Å²) < 4.78 is 35.6. The first-order valence-corrected chi connectivity index (χ1v) is 5.54. The molecule has 0 bridgehead atoms. The van der Waals surface area contributed by atoms with Gasteiger partial charge in [-0.2, -0.15) is 13.2 Å². The van der Waals surface area contributed by atoms with Gasteiger partial charge in [0, 0.05) is 20.1 Å². The molecule has 1 N–H and O–H groups in total. The van der Waals surface area contributed by atoms with Crippen molar-refractivity contribution in [2.45, 2.75) is 20.0 Å². The number of halogens is 3.